The Morgan fingerprint density at radius 1 is 1.08 bits per heavy atom. The van der Waals surface area contributed by atoms with Crippen molar-refractivity contribution in [1.82, 2.24) is 0 Å². The van der Waals surface area contributed by atoms with Gasteiger partial charge >= 0.3 is 0 Å². The molecule has 0 aromatic carbocycles. The first kappa shape index (κ1) is 8.55. The van der Waals surface area contributed by atoms with Gasteiger partial charge in [0.1, 0.15) is 0 Å². The smallest absolute Gasteiger partial charge is 0.0842 e. The van der Waals surface area contributed by atoms with Crippen molar-refractivity contribution in [2.24, 2.45) is 5.92 Å². The Hall–Kier alpha value is -0.0400. The molecule has 1 heterocycles. The maximum absolute atomic E-state index is 5.55. The Bertz CT molecular complexity index is 144. The summed E-state index contributed by atoms with van der Waals surface area (Å²) in [5.74, 6) is 0.952. The van der Waals surface area contributed by atoms with Gasteiger partial charge < -0.3 is 4.74 Å². The summed E-state index contributed by atoms with van der Waals surface area (Å²) < 4.78 is 5.55. The molecule has 2 rings (SSSR count). The molecule has 1 aliphatic carbocycles. The maximum atomic E-state index is 5.55. The van der Waals surface area contributed by atoms with E-state index in [2.05, 4.69) is 6.92 Å². The molecule has 3 unspecified atom stereocenters. The van der Waals surface area contributed by atoms with Crippen molar-refractivity contribution >= 4 is 0 Å². The molecule has 1 saturated carbocycles. The quantitative estimate of drug-likeness (QED) is 0.576. The fourth-order valence-corrected chi connectivity index (χ4v) is 2.42. The van der Waals surface area contributed by atoms with Gasteiger partial charge in [-0.1, -0.05) is 32.6 Å². The average Bonchev–Trinajstić information content (AvgIpc) is 2.74. The zero-order valence-corrected chi connectivity index (χ0v) is 7.80. The molecule has 3 atom stereocenters. The van der Waals surface area contributed by atoms with Crippen LogP contribution in [0.4, 0.5) is 0 Å². The fourth-order valence-electron chi connectivity index (χ4n) is 2.42. The lowest BCUT2D eigenvalue weighted by Crippen LogP contribution is -2.07. The third-order valence-electron chi connectivity index (χ3n) is 3.26. The molecule has 2 fully saturated rings. The Morgan fingerprint density at radius 2 is 1.92 bits per heavy atom. The molecule has 12 heavy (non-hydrogen) atoms. The van der Waals surface area contributed by atoms with Crippen molar-refractivity contribution in [3.8, 4) is 0 Å². The zero-order valence-electron chi connectivity index (χ0n) is 7.80. The van der Waals surface area contributed by atoms with E-state index in [-0.39, 0.29) is 0 Å². The molecule has 1 nitrogen and oxygen atoms in total. The summed E-state index contributed by atoms with van der Waals surface area (Å²) in [5, 5.41) is 0. The summed E-state index contributed by atoms with van der Waals surface area (Å²) in [7, 11) is 0. The van der Waals surface area contributed by atoms with Crippen LogP contribution in [0.1, 0.15) is 44.9 Å². The summed E-state index contributed by atoms with van der Waals surface area (Å²) in [6.07, 6.45) is 10.6. The minimum absolute atomic E-state index is 0.651. The molecule has 0 N–H and O–H groups in total. The summed E-state index contributed by atoms with van der Waals surface area (Å²) in [6, 6.07) is 0. The van der Waals surface area contributed by atoms with E-state index in [4.69, 9.17) is 4.74 Å². The molecule has 2 aliphatic rings. The van der Waals surface area contributed by atoms with Crippen molar-refractivity contribution in [2.75, 3.05) is 0 Å². The monoisotopic (exact) mass is 167 g/mol. The van der Waals surface area contributed by atoms with Gasteiger partial charge in [-0.15, -0.1) is 0 Å². The van der Waals surface area contributed by atoms with Crippen LogP contribution in [-0.2, 0) is 4.74 Å². The predicted octanol–water partition coefficient (Wildman–Crippen LogP) is 2.95. The van der Waals surface area contributed by atoms with Crippen LogP contribution in [0.15, 0.2) is 0 Å². The highest BCUT2D eigenvalue weighted by Crippen LogP contribution is 2.36. The molecule has 0 amide bonds. The molecule has 0 spiro atoms. The zero-order chi connectivity index (χ0) is 8.39. The third kappa shape index (κ3) is 2.01. The second-order valence-corrected chi connectivity index (χ2v) is 4.23. The number of ether oxygens (including phenoxy) is 1. The largest absolute Gasteiger partial charge is 0.370 e. The Labute approximate surface area is 75.5 Å². The molecule has 0 bridgehead atoms. The molecule has 69 valence electrons. The van der Waals surface area contributed by atoms with E-state index in [0.29, 0.717) is 12.2 Å². The Balaban J connectivity index is 1.76. The van der Waals surface area contributed by atoms with Gasteiger partial charge in [-0.2, -0.15) is 0 Å². The van der Waals surface area contributed by atoms with Crippen molar-refractivity contribution in [3.63, 3.8) is 0 Å². The first-order valence-electron chi connectivity index (χ1n) is 5.35. The molecular formula is C11H19O. The van der Waals surface area contributed by atoms with E-state index in [1.54, 1.807) is 0 Å². The molecule has 1 heteroatoms. The molecule has 0 aromatic rings. The van der Waals surface area contributed by atoms with Gasteiger partial charge in [0, 0.05) is 0 Å². The SMILES string of the molecule is [CH2]CCC1CCCC2OC2CC1. The highest BCUT2D eigenvalue weighted by molar-refractivity contribution is 4.87. The number of hydrogen-bond donors (Lipinski definition) is 0. The highest BCUT2D eigenvalue weighted by atomic mass is 16.6. The topological polar surface area (TPSA) is 12.5 Å². The van der Waals surface area contributed by atoms with Crippen LogP contribution >= 0.6 is 0 Å². The first-order valence-corrected chi connectivity index (χ1v) is 5.35. The van der Waals surface area contributed by atoms with Crippen molar-refractivity contribution < 1.29 is 4.74 Å². The van der Waals surface area contributed by atoms with E-state index >= 15 is 0 Å². The number of hydrogen-bond acceptors (Lipinski definition) is 1. The number of epoxide rings is 1. The maximum Gasteiger partial charge on any atom is 0.0842 e. The molecule has 1 saturated heterocycles. The normalized spacial score (nSPS) is 41.2. The standard InChI is InChI=1S/C11H19O/c1-2-4-9-5-3-6-10-11(12-10)8-7-9/h9-11H,1-8H2. The van der Waals surface area contributed by atoms with E-state index in [1.807, 2.05) is 0 Å². The Kier molecular flexibility index (Phi) is 2.69. The van der Waals surface area contributed by atoms with Crippen LogP contribution in [0.3, 0.4) is 0 Å². The van der Waals surface area contributed by atoms with Gasteiger partial charge in [-0.3, -0.25) is 0 Å². The minimum Gasteiger partial charge on any atom is -0.370 e. The van der Waals surface area contributed by atoms with Crippen molar-refractivity contribution in [3.05, 3.63) is 6.92 Å². The van der Waals surface area contributed by atoms with Gasteiger partial charge in [0.2, 0.25) is 0 Å². The minimum atomic E-state index is 0.651. The lowest BCUT2D eigenvalue weighted by molar-refractivity contribution is 0.351. The van der Waals surface area contributed by atoms with Crippen LogP contribution in [0, 0.1) is 12.8 Å². The second kappa shape index (κ2) is 3.78. The number of rotatable bonds is 2. The molecule has 1 radical (unpaired) electrons. The first-order chi connectivity index (χ1) is 5.90. The fraction of sp³-hybridized carbons (Fsp3) is 0.909. The van der Waals surface area contributed by atoms with E-state index in [0.717, 1.165) is 12.3 Å². The summed E-state index contributed by atoms with van der Waals surface area (Å²) >= 11 is 0. The van der Waals surface area contributed by atoms with Crippen LogP contribution in [-0.4, -0.2) is 12.2 Å². The van der Waals surface area contributed by atoms with Gasteiger partial charge in [-0.25, -0.2) is 0 Å². The molecule has 0 aromatic heterocycles. The van der Waals surface area contributed by atoms with Crippen molar-refractivity contribution in [2.45, 2.75) is 57.2 Å². The van der Waals surface area contributed by atoms with Gasteiger partial charge in [0.25, 0.3) is 0 Å². The van der Waals surface area contributed by atoms with Crippen LogP contribution in [0.25, 0.3) is 0 Å². The van der Waals surface area contributed by atoms with Gasteiger partial charge in [-0.05, 0) is 25.2 Å². The lowest BCUT2D eigenvalue weighted by Gasteiger charge is -2.16. The Morgan fingerprint density at radius 3 is 2.75 bits per heavy atom. The van der Waals surface area contributed by atoms with Crippen LogP contribution in [0.2, 0.25) is 0 Å². The molecular weight excluding hydrogens is 148 g/mol. The van der Waals surface area contributed by atoms with Crippen LogP contribution < -0.4 is 0 Å². The third-order valence-corrected chi connectivity index (χ3v) is 3.26. The van der Waals surface area contributed by atoms with E-state index < -0.39 is 0 Å². The summed E-state index contributed by atoms with van der Waals surface area (Å²) in [5.41, 5.74) is 0. The van der Waals surface area contributed by atoms with Crippen LogP contribution in [0.5, 0.6) is 0 Å². The summed E-state index contributed by atoms with van der Waals surface area (Å²) in [4.78, 5) is 0. The van der Waals surface area contributed by atoms with Gasteiger partial charge in [0.05, 0.1) is 12.2 Å². The second-order valence-electron chi connectivity index (χ2n) is 4.23. The summed E-state index contributed by atoms with van der Waals surface area (Å²) in [6.45, 7) is 3.93. The average molecular weight is 167 g/mol. The van der Waals surface area contributed by atoms with E-state index in [1.165, 1.54) is 38.5 Å². The van der Waals surface area contributed by atoms with E-state index in [9.17, 15) is 0 Å². The lowest BCUT2D eigenvalue weighted by atomic mass is 9.88. The molecule has 1 aliphatic heterocycles. The van der Waals surface area contributed by atoms with Gasteiger partial charge in [0.15, 0.2) is 0 Å². The van der Waals surface area contributed by atoms with Crippen molar-refractivity contribution in [1.29, 1.82) is 0 Å². The highest BCUT2D eigenvalue weighted by Gasteiger charge is 2.38. The predicted molar refractivity (Wildman–Crippen MR) is 49.8 cm³/mol. The number of fused-ring (bicyclic) bond motifs is 1.